The maximum absolute atomic E-state index is 13.0. The molecule has 1 fully saturated rings. The van der Waals surface area contributed by atoms with Gasteiger partial charge in [-0.25, -0.2) is 4.79 Å². The van der Waals surface area contributed by atoms with E-state index in [9.17, 15) is 14.4 Å². The zero-order chi connectivity index (χ0) is 23.4. The first kappa shape index (κ1) is 22.3. The lowest BCUT2D eigenvalue weighted by Gasteiger charge is -2.14. The highest BCUT2D eigenvalue weighted by Gasteiger charge is 2.30. The average Bonchev–Trinajstić information content (AvgIpc) is 3.63. The normalized spacial score (nSPS) is 12.9. The van der Waals surface area contributed by atoms with Crippen LogP contribution in [0.15, 0.2) is 60.7 Å². The van der Waals surface area contributed by atoms with Crippen LogP contribution in [0.4, 0.5) is 16.2 Å². The largest absolute Gasteiger partial charge is 0.348 e. The molecule has 0 radical (unpaired) electrons. The van der Waals surface area contributed by atoms with E-state index in [1.54, 1.807) is 12.1 Å². The molecule has 33 heavy (non-hydrogen) atoms. The van der Waals surface area contributed by atoms with Crippen molar-refractivity contribution < 1.29 is 14.4 Å². The molecule has 0 atom stereocenters. The van der Waals surface area contributed by atoms with Crippen molar-refractivity contribution in [1.82, 2.24) is 10.6 Å². The zero-order valence-electron chi connectivity index (χ0n) is 18.8. The first-order valence-corrected chi connectivity index (χ1v) is 11.2. The van der Waals surface area contributed by atoms with E-state index in [0.717, 1.165) is 29.2 Å². The maximum Gasteiger partial charge on any atom is 0.319 e. The van der Waals surface area contributed by atoms with Crippen molar-refractivity contribution in [3.8, 4) is 0 Å². The molecule has 7 nitrogen and oxygen atoms in total. The number of hydrogen-bond acceptors (Lipinski definition) is 3. The second-order valence-corrected chi connectivity index (χ2v) is 8.64. The van der Waals surface area contributed by atoms with Gasteiger partial charge >= 0.3 is 6.03 Å². The van der Waals surface area contributed by atoms with Gasteiger partial charge in [0.2, 0.25) is 5.91 Å². The number of nitrogens with one attached hydrogen (secondary N) is 4. The molecule has 4 rings (SSSR count). The first-order chi connectivity index (χ1) is 15.9. The Morgan fingerprint density at radius 1 is 0.909 bits per heavy atom. The van der Waals surface area contributed by atoms with Gasteiger partial charge < -0.3 is 21.3 Å². The van der Waals surface area contributed by atoms with Crippen LogP contribution in [0.25, 0.3) is 10.8 Å². The van der Waals surface area contributed by atoms with E-state index in [4.69, 9.17) is 0 Å². The van der Waals surface area contributed by atoms with Gasteiger partial charge in [-0.05, 0) is 67.3 Å². The Labute approximate surface area is 192 Å². The predicted octanol–water partition coefficient (Wildman–Crippen LogP) is 4.65. The van der Waals surface area contributed by atoms with Crippen LogP contribution in [0.3, 0.4) is 0 Å². The number of anilines is 2. The van der Waals surface area contributed by atoms with Gasteiger partial charge in [0.15, 0.2) is 0 Å². The van der Waals surface area contributed by atoms with Gasteiger partial charge in [0.25, 0.3) is 5.91 Å². The summed E-state index contributed by atoms with van der Waals surface area (Å²) in [6.45, 7) is 4.10. The average molecular weight is 445 g/mol. The molecule has 0 spiro atoms. The first-order valence-electron chi connectivity index (χ1n) is 11.2. The molecule has 3 aromatic carbocycles. The SMILES string of the molecule is CC(C)NC(=O)Nc1ccc(CNC(=O)c2cc3ccccc3cc2NC(=O)C2CC2)cc1. The standard InChI is InChI=1S/C26H28N4O3/c1-16(2)28-26(33)29-21-11-7-17(8-12-21)15-27-25(32)22-13-19-5-3-4-6-20(19)14-23(22)30-24(31)18-9-10-18/h3-8,11-14,16,18H,9-10,15H2,1-2H3,(H,27,32)(H,30,31)(H2,28,29,33). The highest BCUT2D eigenvalue weighted by Crippen LogP contribution is 2.32. The van der Waals surface area contributed by atoms with E-state index in [0.29, 0.717) is 23.5 Å². The lowest BCUT2D eigenvalue weighted by atomic mass is 10.0. The van der Waals surface area contributed by atoms with Crippen molar-refractivity contribution in [3.05, 3.63) is 71.8 Å². The zero-order valence-corrected chi connectivity index (χ0v) is 18.8. The maximum atomic E-state index is 13.0. The van der Waals surface area contributed by atoms with Gasteiger partial charge in [0.05, 0.1) is 11.3 Å². The summed E-state index contributed by atoms with van der Waals surface area (Å²) in [5.41, 5.74) is 2.52. The third-order valence-corrected chi connectivity index (χ3v) is 5.42. The highest BCUT2D eigenvalue weighted by atomic mass is 16.2. The predicted molar refractivity (Wildman–Crippen MR) is 130 cm³/mol. The fraction of sp³-hybridized carbons (Fsp3) is 0.269. The molecule has 0 saturated heterocycles. The van der Waals surface area contributed by atoms with Crippen molar-refractivity contribution in [2.45, 2.75) is 39.3 Å². The van der Waals surface area contributed by atoms with Crippen molar-refractivity contribution >= 4 is 40.0 Å². The van der Waals surface area contributed by atoms with E-state index in [-0.39, 0.29) is 29.8 Å². The Balaban J connectivity index is 1.44. The number of fused-ring (bicyclic) bond motifs is 1. The van der Waals surface area contributed by atoms with E-state index < -0.39 is 0 Å². The Bertz CT molecular complexity index is 1180. The van der Waals surface area contributed by atoms with Crippen molar-refractivity contribution in [1.29, 1.82) is 0 Å². The molecule has 7 heteroatoms. The molecular formula is C26H28N4O3. The Morgan fingerprint density at radius 3 is 2.21 bits per heavy atom. The van der Waals surface area contributed by atoms with Gasteiger partial charge in [-0.1, -0.05) is 36.4 Å². The van der Waals surface area contributed by atoms with E-state index >= 15 is 0 Å². The van der Waals surface area contributed by atoms with Crippen LogP contribution in [-0.2, 0) is 11.3 Å². The summed E-state index contributed by atoms with van der Waals surface area (Å²) in [5.74, 6) is -0.253. The second kappa shape index (κ2) is 9.73. The van der Waals surface area contributed by atoms with Crippen LogP contribution in [0, 0.1) is 5.92 Å². The molecule has 0 heterocycles. The van der Waals surface area contributed by atoms with Crippen LogP contribution < -0.4 is 21.3 Å². The minimum Gasteiger partial charge on any atom is -0.348 e. The lowest BCUT2D eigenvalue weighted by molar-refractivity contribution is -0.117. The topological polar surface area (TPSA) is 99.3 Å². The summed E-state index contributed by atoms with van der Waals surface area (Å²) in [5, 5.41) is 13.3. The van der Waals surface area contributed by atoms with E-state index in [1.165, 1.54) is 0 Å². The molecule has 4 N–H and O–H groups in total. The van der Waals surface area contributed by atoms with Gasteiger partial charge in [0, 0.05) is 24.2 Å². The minimum atomic E-state index is -0.261. The molecule has 4 amide bonds. The van der Waals surface area contributed by atoms with Gasteiger partial charge in [0.1, 0.15) is 0 Å². The van der Waals surface area contributed by atoms with Crippen LogP contribution in [0.2, 0.25) is 0 Å². The summed E-state index contributed by atoms with van der Waals surface area (Å²) >= 11 is 0. The number of benzene rings is 3. The molecule has 1 aliphatic rings. The highest BCUT2D eigenvalue weighted by molar-refractivity contribution is 6.08. The Morgan fingerprint density at radius 2 is 1.58 bits per heavy atom. The molecule has 3 aromatic rings. The summed E-state index contributed by atoms with van der Waals surface area (Å²) in [7, 11) is 0. The molecular weight excluding hydrogens is 416 g/mol. The molecule has 0 aromatic heterocycles. The summed E-state index contributed by atoms with van der Waals surface area (Å²) in [6, 6.07) is 18.5. The smallest absolute Gasteiger partial charge is 0.319 e. The molecule has 1 aliphatic carbocycles. The Hall–Kier alpha value is -3.87. The van der Waals surface area contributed by atoms with Gasteiger partial charge in [-0.2, -0.15) is 0 Å². The number of carbonyl (C=O) groups is 3. The molecule has 0 aliphatic heterocycles. The fourth-order valence-corrected chi connectivity index (χ4v) is 3.52. The van der Waals surface area contributed by atoms with Gasteiger partial charge in [-0.15, -0.1) is 0 Å². The van der Waals surface area contributed by atoms with E-state index in [1.807, 2.05) is 62.4 Å². The monoisotopic (exact) mass is 444 g/mol. The number of carbonyl (C=O) groups excluding carboxylic acids is 3. The van der Waals surface area contributed by atoms with Crippen molar-refractivity contribution in [3.63, 3.8) is 0 Å². The summed E-state index contributed by atoms with van der Waals surface area (Å²) in [4.78, 5) is 37.2. The van der Waals surface area contributed by atoms with Crippen LogP contribution >= 0.6 is 0 Å². The number of amides is 4. The third-order valence-electron chi connectivity index (χ3n) is 5.42. The van der Waals surface area contributed by atoms with Crippen LogP contribution in [0.5, 0.6) is 0 Å². The second-order valence-electron chi connectivity index (χ2n) is 8.64. The number of hydrogen-bond donors (Lipinski definition) is 4. The minimum absolute atomic E-state index is 0.0380. The third kappa shape index (κ3) is 5.88. The lowest BCUT2D eigenvalue weighted by Crippen LogP contribution is -2.34. The number of rotatable bonds is 7. The quantitative estimate of drug-likeness (QED) is 0.427. The Kier molecular flexibility index (Phi) is 6.58. The van der Waals surface area contributed by atoms with E-state index in [2.05, 4.69) is 21.3 Å². The molecule has 0 unspecified atom stereocenters. The van der Waals surface area contributed by atoms with Crippen LogP contribution in [0.1, 0.15) is 42.6 Å². The van der Waals surface area contributed by atoms with Crippen LogP contribution in [-0.4, -0.2) is 23.9 Å². The van der Waals surface area contributed by atoms with Crippen molar-refractivity contribution in [2.75, 3.05) is 10.6 Å². The van der Waals surface area contributed by atoms with Crippen molar-refractivity contribution in [2.24, 2.45) is 5.92 Å². The summed E-state index contributed by atoms with van der Waals surface area (Å²) < 4.78 is 0. The van der Waals surface area contributed by atoms with Gasteiger partial charge in [-0.3, -0.25) is 9.59 Å². The molecule has 1 saturated carbocycles. The molecule has 170 valence electrons. The number of urea groups is 1. The summed E-state index contributed by atoms with van der Waals surface area (Å²) in [6.07, 6.45) is 1.79. The molecule has 0 bridgehead atoms. The fourth-order valence-electron chi connectivity index (χ4n) is 3.52.